The highest BCUT2D eigenvalue weighted by atomic mass is 15.0. The van der Waals surface area contributed by atoms with E-state index in [1.807, 2.05) is 0 Å². The molecule has 3 nitrogen and oxygen atoms in total. The van der Waals surface area contributed by atoms with Gasteiger partial charge in [0, 0.05) is 25.6 Å². The van der Waals surface area contributed by atoms with Gasteiger partial charge in [-0.15, -0.1) is 0 Å². The van der Waals surface area contributed by atoms with Gasteiger partial charge in [0.25, 0.3) is 0 Å². The number of hydrogen-bond acceptors (Lipinski definition) is 3. The first-order valence-electron chi connectivity index (χ1n) is 9.12. The van der Waals surface area contributed by atoms with Crippen molar-refractivity contribution in [1.29, 1.82) is 5.26 Å². The first-order valence-corrected chi connectivity index (χ1v) is 9.12. The van der Waals surface area contributed by atoms with Crippen LogP contribution in [0.2, 0.25) is 0 Å². The molecule has 0 aromatic carbocycles. The van der Waals surface area contributed by atoms with Crippen LogP contribution < -0.4 is 10.6 Å². The minimum Gasteiger partial charge on any atom is -0.315 e. The van der Waals surface area contributed by atoms with Gasteiger partial charge in [0.15, 0.2) is 0 Å². The number of unbranched alkanes of at least 4 members (excludes halogenated alkanes) is 9. The van der Waals surface area contributed by atoms with Crippen molar-refractivity contribution >= 4 is 0 Å². The van der Waals surface area contributed by atoms with Gasteiger partial charge in [0.2, 0.25) is 0 Å². The number of nitrogens with one attached hydrogen (secondary N) is 2. The van der Waals surface area contributed by atoms with Gasteiger partial charge >= 0.3 is 0 Å². The molecule has 0 heterocycles. The molecule has 0 spiro atoms. The maximum atomic E-state index is 8.46. The predicted molar refractivity (Wildman–Crippen MR) is 92.4 cm³/mol. The van der Waals surface area contributed by atoms with E-state index >= 15 is 0 Å². The number of nitrogens with zero attached hydrogens (tertiary/aromatic N) is 1. The molecule has 2 N–H and O–H groups in total. The minimum absolute atomic E-state index is 0.460. The Balaban J connectivity index is 3.07. The highest BCUT2D eigenvalue weighted by Crippen LogP contribution is 2.10. The largest absolute Gasteiger partial charge is 0.315 e. The summed E-state index contributed by atoms with van der Waals surface area (Å²) in [6.45, 7) is 7.38. The first-order chi connectivity index (χ1) is 10.3. The lowest BCUT2D eigenvalue weighted by atomic mass is 10.1. The Kier molecular flexibility index (Phi) is 17.0. The SMILES string of the molecule is CCCCCCCCCCCCNCC(C)NCCC#N. The van der Waals surface area contributed by atoms with Crippen LogP contribution >= 0.6 is 0 Å². The molecule has 0 aromatic heterocycles. The summed E-state index contributed by atoms with van der Waals surface area (Å²) in [7, 11) is 0. The summed E-state index contributed by atoms with van der Waals surface area (Å²) in [5.41, 5.74) is 0. The second-order valence-corrected chi connectivity index (χ2v) is 6.15. The number of rotatable bonds is 16. The molecule has 21 heavy (non-hydrogen) atoms. The Bertz CT molecular complexity index is 235. The van der Waals surface area contributed by atoms with E-state index < -0.39 is 0 Å². The van der Waals surface area contributed by atoms with E-state index in [9.17, 15) is 0 Å². The summed E-state index contributed by atoms with van der Waals surface area (Å²) in [6.07, 6.45) is 14.6. The Morgan fingerprint density at radius 3 is 2.00 bits per heavy atom. The second-order valence-electron chi connectivity index (χ2n) is 6.15. The van der Waals surface area contributed by atoms with Gasteiger partial charge < -0.3 is 10.6 Å². The van der Waals surface area contributed by atoms with Gasteiger partial charge in [0.1, 0.15) is 0 Å². The standard InChI is InChI=1S/C18H37N3/c1-3-4-5-6-7-8-9-10-11-12-15-20-17-18(2)21-16-13-14-19/h18,20-21H,3-13,15-17H2,1-2H3. The highest BCUT2D eigenvalue weighted by molar-refractivity contribution is 4.72. The Morgan fingerprint density at radius 2 is 1.43 bits per heavy atom. The molecule has 1 unspecified atom stereocenters. The van der Waals surface area contributed by atoms with Gasteiger partial charge in [-0.1, -0.05) is 64.7 Å². The van der Waals surface area contributed by atoms with Crippen LogP contribution in [0.25, 0.3) is 0 Å². The van der Waals surface area contributed by atoms with Gasteiger partial charge in [-0.05, 0) is 19.9 Å². The molecule has 0 aliphatic carbocycles. The van der Waals surface area contributed by atoms with Crippen molar-refractivity contribution in [3.63, 3.8) is 0 Å². The molecular formula is C18H37N3. The summed E-state index contributed by atoms with van der Waals surface area (Å²) in [6, 6.07) is 2.61. The van der Waals surface area contributed by atoms with Crippen LogP contribution in [0.15, 0.2) is 0 Å². The zero-order chi connectivity index (χ0) is 15.6. The molecular weight excluding hydrogens is 258 g/mol. The van der Waals surface area contributed by atoms with Crippen molar-refractivity contribution in [3.05, 3.63) is 0 Å². The van der Waals surface area contributed by atoms with E-state index in [1.54, 1.807) is 0 Å². The van der Waals surface area contributed by atoms with Crippen LogP contribution in [0, 0.1) is 11.3 Å². The molecule has 0 radical (unpaired) electrons. The molecule has 0 aromatic rings. The fourth-order valence-corrected chi connectivity index (χ4v) is 2.50. The van der Waals surface area contributed by atoms with E-state index in [0.717, 1.165) is 19.6 Å². The van der Waals surface area contributed by atoms with Crippen molar-refractivity contribution in [2.24, 2.45) is 0 Å². The number of nitriles is 1. The predicted octanol–water partition coefficient (Wildman–Crippen LogP) is 4.39. The van der Waals surface area contributed by atoms with E-state index in [4.69, 9.17) is 5.26 Å². The normalized spacial score (nSPS) is 12.2. The molecule has 0 bridgehead atoms. The van der Waals surface area contributed by atoms with E-state index in [2.05, 4.69) is 30.6 Å². The fraction of sp³-hybridized carbons (Fsp3) is 0.944. The molecule has 0 fully saturated rings. The van der Waals surface area contributed by atoms with Crippen LogP contribution in [-0.2, 0) is 0 Å². The van der Waals surface area contributed by atoms with Gasteiger partial charge in [0.05, 0.1) is 6.07 Å². The molecule has 0 saturated carbocycles. The monoisotopic (exact) mass is 295 g/mol. The second kappa shape index (κ2) is 17.5. The van der Waals surface area contributed by atoms with Gasteiger partial charge in [-0.25, -0.2) is 0 Å². The lowest BCUT2D eigenvalue weighted by Gasteiger charge is -2.13. The van der Waals surface area contributed by atoms with Gasteiger partial charge in [-0.3, -0.25) is 0 Å². The van der Waals surface area contributed by atoms with Crippen molar-refractivity contribution in [2.45, 2.75) is 90.5 Å². The van der Waals surface area contributed by atoms with Crippen LogP contribution in [0.1, 0.15) is 84.5 Å². The third kappa shape index (κ3) is 17.4. The van der Waals surface area contributed by atoms with Crippen LogP contribution in [0.5, 0.6) is 0 Å². The summed E-state index contributed by atoms with van der Waals surface area (Å²) >= 11 is 0. The summed E-state index contributed by atoms with van der Waals surface area (Å²) in [5.74, 6) is 0. The quantitative estimate of drug-likeness (QED) is 0.415. The molecule has 3 heteroatoms. The summed E-state index contributed by atoms with van der Waals surface area (Å²) in [4.78, 5) is 0. The smallest absolute Gasteiger partial charge is 0.0635 e. The Hall–Kier alpha value is -0.590. The topological polar surface area (TPSA) is 47.8 Å². The first kappa shape index (κ1) is 20.4. The van der Waals surface area contributed by atoms with Crippen molar-refractivity contribution in [2.75, 3.05) is 19.6 Å². The maximum Gasteiger partial charge on any atom is 0.0635 e. The zero-order valence-electron chi connectivity index (χ0n) is 14.4. The van der Waals surface area contributed by atoms with Gasteiger partial charge in [-0.2, -0.15) is 5.26 Å². The third-order valence-electron chi connectivity index (χ3n) is 3.89. The minimum atomic E-state index is 0.460. The molecule has 0 aliphatic rings. The average molecular weight is 296 g/mol. The lowest BCUT2D eigenvalue weighted by Crippen LogP contribution is -2.37. The zero-order valence-corrected chi connectivity index (χ0v) is 14.4. The van der Waals surface area contributed by atoms with Crippen LogP contribution in [-0.4, -0.2) is 25.7 Å². The molecule has 124 valence electrons. The molecule has 0 aliphatic heterocycles. The van der Waals surface area contributed by atoms with E-state index in [0.29, 0.717) is 12.5 Å². The average Bonchev–Trinajstić information content (AvgIpc) is 2.48. The Morgan fingerprint density at radius 1 is 0.857 bits per heavy atom. The van der Waals surface area contributed by atoms with Crippen LogP contribution in [0.4, 0.5) is 0 Å². The van der Waals surface area contributed by atoms with E-state index in [1.165, 1.54) is 64.2 Å². The Labute approximate surface area is 132 Å². The van der Waals surface area contributed by atoms with E-state index in [-0.39, 0.29) is 0 Å². The number of hydrogen-bond donors (Lipinski definition) is 2. The van der Waals surface area contributed by atoms with Crippen molar-refractivity contribution in [1.82, 2.24) is 10.6 Å². The van der Waals surface area contributed by atoms with Crippen molar-refractivity contribution < 1.29 is 0 Å². The molecule has 0 amide bonds. The third-order valence-corrected chi connectivity index (χ3v) is 3.89. The molecule has 0 rings (SSSR count). The summed E-state index contributed by atoms with van der Waals surface area (Å²) < 4.78 is 0. The van der Waals surface area contributed by atoms with Crippen molar-refractivity contribution in [3.8, 4) is 6.07 Å². The van der Waals surface area contributed by atoms with Crippen LogP contribution in [0.3, 0.4) is 0 Å². The molecule has 0 saturated heterocycles. The summed E-state index contributed by atoms with van der Waals surface area (Å²) in [5, 5.41) is 15.3. The lowest BCUT2D eigenvalue weighted by molar-refractivity contribution is 0.492. The fourth-order valence-electron chi connectivity index (χ4n) is 2.50. The highest BCUT2D eigenvalue weighted by Gasteiger charge is 1.99. The molecule has 1 atom stereocenters. The maximum absolute atomic E-state index is 8.46.